The van der Waals surface area contributed by atoms with Gasteiger partial charge in [-0.05, 0) is 37.3 Å². The van der Waals surface area contributed by atoms with Crippen molar-refractivity contribution in [3.63, 3.8) is 0 Å². The van der Waals surface area contributed by atoms with E-state index in [1.807, 2.05) is 31.2 Å². The molecule has 0 saturated carbocycles. The molecule has 0 aliphatic heterocycles. The van der Waals surface area contributed by atoms with Gasteiger partial charge in [0.05, 0.1) is 11.4 Å². The topological polar surface area (TPSA) is 101 Å². The molecule has 0 radical (unpaired) electrons. The Bertz CT molecular complexity index is 982. The summed E-state index contributed by atoms with van der Waals surface area (Å²) >= 11 is 0. The zero-order valence-electron chi connectivity index (χ0n) is 13.2. The molecule has 0 atom stereocenters. The fraction of sp³-hybridized carbons (Fsp3) is 0.0588. The molecule has 1 aromatic heterocycles. The first kappa shape index (κ1) is 16.7. The molecule has 3 aromatic rings. The van der Waals surface area contributed by atoms with E-state index in [-0.39, 0.29) is 5.69 Å². The number of hydrogen-bond donors (Lipinski definition) is 3. The third-order valence-corrected chi connectivity index (χ3v) is 4.05. The fourth-order valence-electron chi connectivity index (χ4n) is 2.39. The summed E-state index contributed by atoms with van der Waals surface area (Å²) in [4.78, 5) is 11.3. The van der Waals surface area contributed by atoms with Gasteiger partial charge >= 0.3 is 5.97 Å². The second-order valence-electron chi connectivity index (χ2n) is 5.41. The summed E-state index contributed by atoms with van der Waals surface area (Å²) in [5.41, 5.74) is 3.52. The number of aromatic nitrogens is 2. The van der Waals surface area contributed by atoms with Crippen molar-refractivity contribution in [2.75, 3.05) is 4.72 Å². The van der Waals surface area contributed by atoms with Crippen LogP contribution in [0, 0.1) is 6.92 Å². The number of carboxylic acid groups (broad SMARTS) is 1. The van der Waals surface area contributed by atoms with Gasteiger partial charge in [-0.1, -0.05) is 29.8 Å². The van der Waals surface area contributed by atoms with E-state index < -0.39 is 16.9 Å². The van der Waals surface area contributed by atoms with Gasteiger partial charge in [0.25, 0.3) is 0 Å². The van der Waals surface area contributed by atoms with Gasteiger partial charge in [-0.25, -0.2) is 17.9 Å². The maximum absolute atomic E-state index is 11.3. The standard InChI is InChI=1S/C17H15N3O4S/c1-11-2-4-12(5-3-11)16-10-15(17(21)22)18-20(16)14-8-6-13(7-9-14)19-25(23)24/h2-10,25H,1H3,(H,21,22)(H,19,23,24). The van der Waals surface area contributed by atoms with Gasteiger partial charge in [-0.15, -0.1) is 0 Å². The predicted molar refractivity (Wildman–Crippen MR) is 94.6 cm³/mol. The van der Waals surface area contributed by atoms with E-state index in [4.69, 9.17) is 0 Å². The molecular weight excluding hydrogens is 342 g/mol. The summed E-state index contributed by atoms with van der Waals surface area (Å²) in [6.07, 6.45) is 0. The van der Waals surface area contributed by atoms with Gasteiger partial charge in [-0.2, -0.15) is 5.10 Å². The summed E-state index contributed by atoms with van der Waals surface area (Å²) in [5.74, 6) is -1.12. The quantitative estimate of drug-likeness (QED) is 0.609. The Morgan fingerprint density at radius 3 is 2.28 bits per heavy atom. The van der Waals surface area contributed by atoms with Crippen molar-refractivity contribution in [3.8, 4) is 16.9 Å². The molecule has 3 rings (SSSR count). The van der Waals surface area contributed by atoms with Crippen LogP contribution in [0.5, 0.6) is 0 Å². The van der Waals surface area contributed by atoms with Crippen molar-refractivity contribution in [1.82, 2.24) is 9.78 Å². The van der Waals surface area contributed by atoms with Crippen molar-refractivity contribution >= 4 is 22.5 Å². The molecule has 128 valence electrons. The van der Waals surface area contributed by atoms with Crippen LogP contribution in [0.2, 0.25) is 0 Å². The molecule has 7 nitrogen and oxygen atoms in total. The minimum atomic E-state index is -2.74. The van der Waals surface area contributed by atoms with Gasteiger partial charge < -0.3 is 5.11 Å². The number of benzene rings is 2. The van der Waals surface area contributed by atoms with E-state index in [9.17, 15) is 18.3 Å². The highest BCUT2D eigenvalue weighted by Crippen LogP contribution is 2.25. The van der Waals surface area contributed by atoms with Gasteiger partial charge in [-0.3, -0.25) is 4.72 Å². The lowest BCUT2D eigenvalue weighted by atomic mass is 10.1. The Labute approximate surface area is 145 Å². The van der Waals surface area contributed by atoms with E-state index in [0.29, 0.717) is 17.1 Å². The largest absolute Gasteiger partial charge is 0.476 e. The Kier molecular flexibility index (Phi) is 4.53. The fourth-order valence-corrected chi connectivity index (χ4v) is 2.75. The molecule has 8 heteroatoms. The van der Waals surface area contributed by atoms with Gasteiger partial charge in [0.15, 0.2) is 5.69 Å². The van der Waals surface area contributed by atoms with Gasteiger partial charge in [0.2, 0.25) is 10.9 Å². The molecular formula is C17H15N3O4S. The number of nitrogens with one attached hydrogen (secondary N) is 1. The van der Waals surface area contributed by atoms with Crippen molar-refractivity contribution in [1.29, 1.82) is 0 Å². The highest BCUT2D eigenvalue weighted by molar-refractivity contribution is 7.73. The number of aromatic carboxylic acids is 1. The summed E-state index contributed by atoms with van der Waals surface area (Å²) in [5, 5.41) is 13.4. The molecule has 1 heterocycles. The number of thiol groups is 1. The summed E-state index contributed by atoms with van der Waals surface area (Å²) in [6, 6.07) is 15.7. The average Bonchev–Trinajstić information content (AvgIpc) is 3.01. The molecule has 0 bridgehead atoms. The van der Waals surface area contributed by atoms with Crippen LogP contribution in [0.25, 0.3) is 16.9 Å². The summed E-state index contributed by atoms with van der Waals surface area (Å²) < 4.78 is 25.2. The molecule has 0 fully saturated rings. The zero-order chi connectivity index (χ0) is 18.0. The van der Waals surface area contributed by atoms with Crippen LogP contribution in [0.1, 0.15) is 16.1 Å². The SMILES string of the molecule is Cc1ccc(-c2cc(C(=O)O)nn2-c2ccc(N[SH](=O)=O)cc2)cc1. The lowest BCUT2D eigenvalue weighted by molar-refractivity contribution is 0.0690. The van der Waals surface area contributed by atoms with Crippen molar-refractivity contribution in [2.24, 2.45) is 0 Å². The second kappa shape index (κ2) is 6.78. The molecule has 0 amide bonds. The van der Waals surface area contributed by atoms with Crippen LogP contribution in [0.15, 0.2) is 54.6 Å². The van der Waals surface area contributed by atoms with Crippen LogP contribution in [0.4, 0.5) is 5.69 Å². The number of nitrogens with zero attached hydrogens (tertiary/aromatic N) is 2. The first-order chi connectivity index (χ1) is 11.9. The smallest absolute Gasteiger partial charge is 0.356 e. The van der Waals surface area contributed by atoms with Crippen molar-refractivity contribution in [2.45, 2.75) is 6.92 Å². The van der Waals surface area contributed by atoms with Crippen molar-refractivity contribution in [3.05, 3.63) is 65.9 Å². The zero-order valence-corrected chi connectivity index (χ0v) is 14.1. The van der Waals surface area contributed by atoms with Gasteiger partial charge in [0.1, 0.15) is 0 Å². The van der Waals surface area contributed by atoms with Crippen LogP contribution in [0.3, 0.4) is 0 Å². The maximum Gasteiger partial charge on any atom is 0.356 e. The van der Waals surface area contributed by atoms with E-state index in [1.54, 1.807) is 24.3 Å². The van der Waals surface area contributed by atoms with Crippen LogP contribution in [-0.4, -0.2) is 29.3 Å². The Balaban J connectivity index is 2.08. The lowest BCUT2D eigenvalue weighted by Crippen LogP contribution is -2.03. The molecule has 0 aliphatic rings. The van der Waals surface area contributed by atoms with E-state index in [2.05, 4.69) is 9.82 Å². The monoisotopic (exact) mass is 357 g/mol. The van der Waals surface area contributed by atoms with E-state index in [0.717, 1.165) is 11.1 Å². The third-order valence-electron chi connectivity index (χ3n) is 3.61. The van der Waals surface area contributed by atoms with Crippen LogP contribution < -0.4 is 4.72 Å². The lowest BCUT2D eigenvalue weighted by Gasteiger charge is -2.09. The first-order valence-corrected chi connectivity index (χ1v) is 8.53. The minimum Gasteiger partial charge on any atom is -0.476 e. The number of anilines is 1. The number of aryl methyl sites for hydroxylation is 1. The second-order valence-corrected chi connectivity index (χ2v) is 6.15. The highest BCUT2D eigenvalue weighted by atomic mass is 32.2. The Morgan fingerprint density at radius 2 is 1.72 bits per heavy atom. The van der Waals surface area contributed by atoms with E-state index in [1.165, 1.54) is 10.7 Å². The number of rotatable bonds is 5. The minimum absolute atomic E-state index is 0.0691. The number of carbonyl (C=O) groups is 1. The van der Waals surface area contributed by atoms with Gasteiger partial charge in [0, 0.05) is 11.3 Å². The van der Waals surface area contributed by atoms with Crippen LogP contribution in [-0.2, 0) is 10.9 Å². The molecule has 2 N–H and O–H groups in total. The first-order valence-electron chi connectivity index (χ1n) is 7.36. The Morgan fingerprint density at radius 1 is 1.08 bits per heavy atom. The normalized spacial score (nSPS) is 10.8. The highest BCUT2D eigenvalue weighted by Gasteiger charge is 2.16. The summed E-state index contributed by atoms with van der Waals surface area (Å²) in [7, 11) is -2.74. The maximum atomic E-state index is 11.3. The number of hydrogen-bond acceptors (Lipinski definition) is 4. The van der Waals surface area contributed by atoms with Crippen LogP contribution >= 0.6 is 0 Å². The summed E-state index contributed by atoms with van der Waals surface area (Å²) in [6.45, 7) is 1.97. The molecule has 0 aliphatic carbocycles. The molecule has 0 spiro atoms. The van der Waals surface area contributed by atoms with E-state index >= 15 is 0 Å². The van der Waals surface area contributed by atoms with Crippen molar-refractivity contribution < 1.29 is 18.3 Å². The molecule has 2 aromatic carbocycles. The molecule has 25 heavy (non-hydrogen) atoms. The molecule has 0 unspecified atom stereocenters. The third kappa shape index (κ3) is 3.69. The number of carboxylic acids is 1. The molecule has 0 saturated heterocycles. The predicted octanol–water partition coefficient (Wildman–Crippen LogP) is 2.48. The Hall–Kier alpha value is -3.13. The average molecular weight is 357 g/mol.